The summed E-state index contributed by atoms with van der Waals surface area (Å²) in [5.41, 5.74) is 1.55. The SMILES string of the molecule is CCCCNC(=O)C1CCC(C)N(C/C=C/Cl)C1. The molecule has 0 aromatic carbocycles. The van der Waals surface area contributed by atoms with E-state index in [0.717, 1.165) is 45.3 Å². The zero-order valence-electron chi connectivity index (χ0n) is 11.5. The van der Waals surface area contributed by atoms with Crippen LogP contribution in [0.15, 0.2) is 11.6 Å². The monoisotopic (exact) mass is 272 g/mol. The first-order chi connectivity index (χ1) is 8.69. The number of unbranched alkanes of at least 4 members (excludes halogenated alkanes) is 1. The van der Waals surface area contributed by atoms with Crippen LogP contribution in [-0.4, -0.2) is 36.5 Å². The lowest BCUT2D eigenvalue weighted by Crippen LogP contribution is -2.47. The lowest BCUT2D eigenvalue weighted by Gasteiger charge is -2.36. The molecule has 0 aromatic rings. The van der Waals surface area contributed by atoms with E-state index >= 15 is 0 Å². The molecule has 1 aliphatic heterocycles. The number of halogens is 1. The van der Waals surface area contributed by atoms with Crippen LogP contribution in [-0.2, 0) is 4.79 Å². The normalized spacial score (nSPS) is 25.5. The van der Waals surface area contributed by atoms with E-state index in [1.165, 1.54) is 0 Å². The van der Waals surface area contributed by atoms with Gasteiger partial charge in [0.15, 0.2) is 0 Å². The summed E-state index contributed by atoms with van der Waals surface area (Å²) in [6, 6.07) is 0.539. The Morgan fingerprint density at radius 3 is 2.94 bits per heavy atom. The maximum absolute atomic E-state index is 12.0. The first kappa shape index (κ1) is 15.5. The third-order valence-corrected chi connectivity index (χ3v) is 3.82. The fraction of sp³-hybridized carbons (Fsp3) is 0.786. The maximum Gasteiger partial charge on any atom is 0.224 e. The highest BCUT2D eigenvalue weighted by molar-refractivity contribution is 6.25. The molecule has 0 aliphatic carbocycles. The van der Waals surface area contributed by atoms with Gasteiger partial charge < -0.3 is 5.32 Å². The number of nitrogens with one attached hydrogen (secondary N) is 1. The molecule has 1 saturated heterocycles. The summed E-state index contributed by atoms with van der Waals surface area (Å²) in [6.07, 6.45) is 6.21. The van der Waals surface area contributed by atoms with Crippen LogP contribution in [0.25, 0.3) is 0 Å². The Labute approximate surface area is 116 Å². The third kappa shape index (κ3) is 4.99. The minimum Gasteiger partial charge on any atom is -0.356 e. The molecule has 4 heteroatoms. The molecule has 2 unspecified atom stereocenters. The van der Waals surface area contributed by atoms with Crippen LogP contribution in [0.5, 0.6) is 0 Å². The molecule has 3 nitrogen and oxygen atoms in total. The first-order valence-electron chi connectivity index (χ1n) is 6.96. The van der Waals surface area contributed by atoms with Gasteiger partial charge in [-0.2, -0.15) is 0 Å². The van der Waals surface area contributed by atoms with Crippen molar-refractivity contribution >= 4 is 17.5 Å². The van der Waals surface area contributed by atoms with Crippen LogP contribution in [0, 0.1) is 5.92 Å². The van der Waals surface area contributed by atoms with Crippen molar-refractivity contribution in [2.24, 2.45) is 5.92 Å². The summed E-state index contributed by atoms with van der Waals surface area (Å²) in [6.45, 7) is 6.84. The van der Waals surface area contributed by atoms with E-state index in [9.17, 15) is 4.79 Å². The number of nitrogens with zero attached hydrogens (tertiary/aromatic N) is 1. The fourth-order valence-electron chi connectivity index (χ4n) is 2.36. The zero-order chi connectivity index (χ0) is 13.4. The van der Waals surface area contributed by atoms with Crippen LogP contribution >= 0.6 is 11.6 Å². The second-order valence-corrected chi connectivity index (χ2v) is 5.34. The van der Waals surface area contributed by atoms with Gasteiger partial charge in [-0.1, -0.05) is 31.0 Å². The van der Waals surface area contributed by atoms with Crippen LogP contribution in [0.2, 0.25) is 0 Å². The minimum atomic E-state index is 0.141. The molecule has 1 heterocycles. The van der Waals surface area contributed by atoms with Crippen LogP contribution in [0.3, 0.4) is 0 Å². The average Bonchev–Trinajstić information content (AvgIpc) is 2.38. The van der Waals surface area contributed by atoms with Gasteiger partial charge in [0.25, 0.3) is 0 Å². The third-order valence-electron chi connectivity index (χ3n) is 3.64. The molecule has 104 valence electrons. The van der Waals surface area contributed by atoms with E-state index in [-0.39, 0.29) is 11.8 Å². The van der Waals surface area contributed by atoms with Gasteiger partial charge in [-0.15, -0.1) is 0 Å². The summed E-state index contributed by atoms with van der Waals surface area (Å²) in [5, 5.41) is 3.04. The Kier molecular flexibility index (Phi) is 7.36. The van der Waals surface area contributed by atoms with Crippen molar-refractivity contribution in [3.05, 3.63) is 11.6 Å². The van der Waals surface area contributed by atoms with Crippen molar-refractivity contribution in [1.82, 2.24) is 10.2 Å². The van der Waals surface area contributed by atoms with Crippen molar-refractivity contribution in [2.45, 2.75) is 45.6 Å². The molecule has 18 heavy (non-hydrogen) atoms. The van der Waals surface area contributed by atoms with Crippen LogP contribution in [0.4, 0.5) is 0 Å². The largest absolute Gasteiger partial charge is 0.356 e. The summed E-state index contributed by atoms with van der Waals surface area (Å²) < 4.78 is 0. The lowest BCUT2D eigenvalue weighted by molar-refractivity contribution is -0.127. The van der Waals surface area contributed by atoms with E-state index in [1.807, 2.05) is 6.08 Å². The van der Waals surface area contributed by atoms with Gasteiger partial charge >= 0.3 is 0 Å². The van der Waals surface area contributed by atoms with Crippen molar-refractivity contribution in [1.29, 1.82) is 0 Å². The molecule has 0 bridgehead atoms. The van der Waals surface area contributed by atoms with Crippen molar-refractivity contribution < 1.29 is 4.79 Å². The smallest absolute Gasteiger partial charge is 0.224 e. The number of carbonyl (C=O) groups excluding carboxylic acids is 1. The Bertz CT molecular complexity index is 281. The Morgan fingerprint density at radius 1 is 1.50 bits per heavy atom. The Hall–Kier alpha value is -0.540. The highest BCUT2D eigenvalue weighted by Gasteiger charge is 2.28. The van der Waals surface area contributed by atoms with E-state index in [2.05, 4.69) is 24.1 Å². The van der Waals surface area contributed by atoms with E-state index in [4.69, 9.17) is 11.6 Å². The predicted octanol–water partition coefficient (Wildman–Crippen LogP) is 2.76. The van der Waals surface area contributed by atoms with E-state index < -0.39 is 0 Å². The molecule has 1 rings (SSSR count). The van der Waals surface area contributed by atoms with Gasteiger partial charge in [0.1, 0.15) is 0 Å². The highest BCUT2D eigenvalue weighted by Crippen LogP contribution is 2.21. The van der Waals surface area contributed by atoms with Crippen molar-refractivity contribution in [2.75, 3.05) is 19.6 Å². The summed E-state index contributed by atoms with van der Waals surface area (Å²) in [5.74, 6) is 0.358. The second-order valence-electron chi connectivity index (χ2n) is 5.08. The molecule has 1 amide bonds. The Balaban J connectivity index is 2.40. The molecule has 0 aromatic heterocycles. The predicted molar refractivity (Wildman–Crippen MR) is 76.7 cm³/mol. The fourth-order valence-corrected chi connectivity index (χ4v) is 2.44. The number of hydrogen-bond donors (Lipinski definition) is 1. The van der Waals surface area contributed by atoms with Crippen molar-refractivity contribution in [3.8, 4) is 0 Å². The zero-order valence-corrected chi connectivity index (χ0v) is 12.2. The molecule has 1 N–H and O–H groups in total. The van der Waals surface area contributed by atoms with Gasteiger partial charge in [0.2, 0.25) is 5.91 Å². The highest BCUT2D eigenvalue weighted by atomic mass is 35.5. The van der Waals surface area contributed by atoms with E-state index in [1.54, 1.807) is 5.54 Å². The Morgan fingerprint density at radius 2 is 2.28 bits per heavy atom. The molecule has 0 spiro atoms. The molecule has 2 atom stereocenters. The molecule has 0 saturated carbocycles. The molecular weight excluding hydrogens is 248 g/mol. The summed E-state index contributed by atoms with van der Waals surface area (Å²) in [4.78, 5) is 14.3. The van der Waals surface area contributed by atoms with Gasteiger partial charge in [0, 0.05) is 31.2 Å². The average molecular weight is 273 g/mol. The van der Waals surface area contributed by atoms with Crippen LogP contribution < -0.4 is 5.32 Å². The topological polar surface area (TPSA) is 32.3 Å². The quantitative estimate of drug-likeness (QED) is 0.754. The first-order valence-corrected chi connectivity index (χ1v) is 7.39. The van der Waals surface area contributed by atoms with Gasteiger partial charge in [-0.25, -0.2) is 0 Å². The summed E-state index contributed by atoms with van der Waals surface area (Å²) >= 11 is 5.57. The number of likely N-dealkylation sites (tertiary alicyclic amines) is 1. The van der Waals surface area contributed by atoms with E-state index in [0.29, 0.717) is 6.04 Å². The second kappa shape index (κ2) is 8.54. The minimum absolute atomic E-state index is 0.141. The molecule has 1 fully saturated rings. The van der Waals surface area contributed by atoms with Gasteiger partial charge in [0.05, 0.1) is 5.92 Å². The molecular formula is C14H25ClN2O. The standard InChI is InChI=1S/C14H25ClN2O/c1-3-4-9-16-14(18)13-7-6-12(2)17(11-13)10-5-8-15/h5,8,12-13H,3-4,6-7,9-11H2,1-2H3,(H,16,18)/b8-5+. The number of rotatable bonds is 6. The van der Waals surface area contributed by atoms with Crippen LogP contribution in [0.1, 0.15) is 39.5 Å². The van der Waals surface area contributed by atoms with Gasteiger partial charge in [-0.3, -0.25) is 9.69 Å². The number of carbonyl (C=O) groups is 1. The lowest BCUT2D eigenvalue weighted by atomic mass is 9.92. The molecule has 1 aliphatic rings. The molecule has 0 radical (unpaired) electrons. The van der Waals surface area contributed by atoms with Crippen molar-refractivity contribution in [3.63, 3.8) is 0 Å². The summed E-state index contributed by atoms with van der Waals surface area (Å²) in [7, 11) is 0. The number of amides is 1. The van der Waals surface area contributed by atoms with Gasteiger partial charge in [-0.05, 0) is 26.2 Å². The maximum atomic E-state index is 12.0. The number of hydrogen-bond acceptors (Lipinski definition) is 2. The number of piperidine rings is 1.